The average molecular weight is 262 g/mol. The molecule has 0 aliphatic rings. The van der Waals surface area contributed by atoms with E-state index in [1.807, 2.05) is 19.9 Å². The van der Waals surface area contributed by atoms with Gasteiger partial charge in [0.15, 0.2) is 0 Å². The van der Waals surface area contributed by atoms with Crippen LogP contribution >= 0.6 is 0 Å². The number of ether oxygens (including phenoxy) is 1. The van der Waals surface area contributed by atoms with Gasteiger partial charge in [0.05, 0.1) is 12.6 Å². The van der Waals surface area contributed by atoms with Gasteiger partial charge in [-0.05, 0) is 20.3 Å². The van der Waals surface area contributed by atoms with E-state index in [1.165, 1.54) is 6.33 Å². The van der Waals surface area contributed by atoms with Crippen molar-refractivity contribution >= 4 is 5.95 Å². The highest BCUT2D eigenvalue weighted by Crippen LogP contribution is 2.16. The van der Waals surface area contributed by atoms with Crippen LogP contribution in [-0.2, 0) is 0 Å². The molecular formula is C12H18N6O. The van der Waals surface area contributed by atoms with Crippen molar-refractivity contribution < 1.29 is 4.74 Å². The lowest BCUT2D eigenvalue weighted by atomic mass is 10.3. The van der Waals surface area contributed by atoms with E-state index in [4.69, 9.17) is 4.74 Å². The molecular weight excluding hydrogens is 244 g/mol. The number of rotatable bonds is 6. The quantitative estimate of drug-likeness (QED) is 0.826. The number of aryl methyl sites for hydroxylation is 1. The smallest absolute Gasteiger partial charge is 0.226 e. The number of anilines is 1. The molecule has 0 saturated heterocycles. The molecule has 0 aromatic carbocycles. The Hall–Kier alpha value is -2.18. The van der Waals surface area contributed by atoms with E-state index < -0.39 is 0 Å². The molecule has 19 heavy (non-hydrogen) atoms. The van der Waals surface area contributed by atoms with E-state index in [9.17, 15) is 0 Å². The fourth-order valence-corrected chi connectivity index (χ4v) is 1.57. The van der Waals surface area contributed by atoms with Gasteiger partial charge in [-0.15, -0.1) is 0 Å². The van der Waals surface area contributed by atoms with E-state index >= 15 is 0 Å². The van der Waals surface area contributed by atoms with E-state index in [0.29, 0.717) is 18.4 Å². The third-order valence-electron chi connectivity index (χ3n) is 2.47. The van der Waals surface area contributed by atoms with Gasteiger partial charge >= 0.3 is 0 Å². The summed E-state index contributed by atoms with van der Waals surface area (Å²) in [5.74, 6) is 1.85. The molecule has 2 aromatic heterocycles. The molecule has 2 aromatic rings. The second kappa shape index (κ2) is 6.12. The molecule has 2 N–H and O–H groups in total. The lowest BCUT2D eigenvalue weighted by molar-refractivity contribution is 0.305. The summed E-state index contributed by atoms with van der Waals surface area (Å²) in [6, 6.07) is 1.77. The van der Waals surface area contributed by atoms with Gasteiger partial charge in [0, 0.05) is 11.8 Å². The highest BCUT2D eigenvalue weighted by Gasteiger charge is 2.11. The van der Waals surface area contributed by atoms with Gasteiger partial charge in [-0.2, -0.15) is 10.1 Å². The zero-order valence-electron chi connectivity index (χ0n) is 11.3. The maximum absolute atomic E-state index is 5.52. The Morgan fingerprint density at radius 1 is 1.42 bits per heavy atom. The first-order valence-electron chi connectivity index (χ1n) is 6.29. The minimum absolute atomic E-state index is 0.0525. The lowest BCUT2D eigenvalue weighted by Crippen LogP contribution is -2.12. The Balaban J connectivity index is 2.09. The number of hydrogen-bond donors (Lipinski definition) is 2. The summed E-state index contributed by atoms with van der Waals surface area (Å²) in [5, 5.41) is 9.80. The summed E-state index contributed by atoms with van der Waals surface area (Å²) in [4.78, 5) is 12.7. The van der Waals surface area contributed by atoms with Crippen LogP contribution in [0.25, 0.3) is 0 Å². The van der Waals surface area contributed by atoms with Gasteiger partial charge in [-0.3, -0.25) is 5.10 Å². The number of aromatic nitrogens is 5. The van der Waals surface area contributed by atoms with Crippen molar-refractivity contribution in [2.75, 3.05) is 11.9 Å². The minimum Gasteiger partial charge on any atom is -0.478 e. The van der Waals surface area contributed by atoms with Crippen molar-refractivity contribution in [3.63, 3.8) is 0 Å². The van der Waals surface area contributed by atoms with Crippen LogP contribution < -0.4 is 10.1 Å². The molecule has 0 saturated carbocycles. The maximum Gasteiger partial charge on any atom is 0.226 e. The van der Waals surface area contributed by atoms with Crippen LogP contribution in [0.1, 0.15) is 37.8 Å². The molecule has 2 heterocycles. The van der Waals surface area contributed by atoms with Gasteiger partial charge < -0.3 is 10.1 Å². The Morgan fingerprint density at radius 3 is 2.95 bits per heavy atom. The van der Waals surface area contributed by atoms with Gasteiger partial charge in [-0.25, -0.2) is 9.97 Å². The summed E-state index contributed by atoms with van der Waals surface area (Å²) in [6.45, 7) is 6.57. The Labute approximate surface area is 111 Å². The number of hydrogen-bond acceptors (Lipinski definition) is 6. The summed E-state index contributed by atoms with van der Waals surface area (Å²) >= 11 is 0. The predicted octanol–water partition coefficient (Wildman–Crippen LogP) is 1.87. The zero-order valence-corrected chi connectivity index (χ0v) is 11.3. The van der Waals surface area contributed by atoms with Crippen molar-refractivity contribution in [1.82, 2.24) is 25.1 Å². The molecule has 7 heteroatoms. The monoisotopic (exact) mass is 262 g/mol. The van der Waals surface area contributed by atoms with Crippen LogP contribution in [-0.4, -0.2) is 31.8 Å². The largest absolute Gasteiger partial charge is 0.478 e. The topological polar surface area (TPSA) is 88.6 Å². The molecule has 0 aliphatic carbocycles. The van der Waals surface area contributed by atoms with E-state index in [1.54, 1.807) is 0 Å². The fraction of sp³-hybridized carbons (Fsp3) is 0.500. The Kier molecular flexibility index (Phi) is 4.27. The lowest BCUT2D eigenvalue weighted by Gasteiger charge is -2.12. The highest BCUT2D eigenvalue weighted by atomic mass is 16.5. The van der Waals surface area contributed by atoms with Crippen molar-refractivity contribution in [1.29, 1.82) is 0 Å². The molecule has 102 valence electrons. The summed E-state index contributed by atoms with van der Waals surface area (Å²) in [5.41, 5.74) is 0.855. The van der Waals surface area contributed by atoms with Crippen LogP contribution in [0, 0.1) is 6.92 Å². The molecule has 0 spiro atoms. The van der Waals surface area contributed by atoms with Crippen LogP contribution in [0.15, 0.2) is 12.4 Å². The van der Waals surface area contributed by atoms with E-state index in [0.717, 1.165) is 17.9 Å². The molecule has 7 nitrogen and oxygen atoms in total. The maximum atomic E-state index is 5.52. The van der Waals surface area contributed by atoms with E-state index in [2.05, 4.69) is 37.4 Å². The number of nitrogens with one attached hydrogen (secondary N) is 2. The number of nitrogens with zero attached hydrogens (tertiary/aromatic N) is 4. The predicted molar refractivity (Wildman–Crippen MR) is 71.0 cm³/mol. The van der Waals surface area contributed by atoms with Gasteiger partial charge in [0.1, 0.15) is 12.2 Å². The summed E-state index contributed by atoms with van der Waals surface area (Å²) < 4.78 is 5.52. The van der Waals surface area contributed by atoms with Gasteiger partial charge in [0.2, 0.25) is 11.8 Å². The summed E-state index contributed by atoms with van der Waals surface area (Å²) in [6.07, 6.45) is 2.42. The SMILES string of the molecule is CCCOc1cc(C)nc(NC(C)c2ncn[nH]2)n1. The second-order valence-electron chi connectivity index (χ2n) is 4.26. The van der Waals surface area contributed by atoms with Crippen molar-refractivity contribution in [3.8, 4) is 5.88 Å². The Bertz CT molecular complexity index is 513. The molecule has 0 aliphatic heterocycles. The minimum atomic E-state index is -0.0525. The highest BCUT2D eigenvalue weighted by molar-refractivity contribution is 5.32. The third-order valence-corrected chi connectivity index (χ3v) is 2.47. The number of H-pyrrole nitrogens is 1. The van der Waals surface area contributed by atoms with Crippen molar-refractivity contribution in [2.24, 2.45) is 0 Å². The van der Waals surface area contributed by atoms with Crippen LogP contribution in [0.5, 0.6) is 5.88 Å². The van der Waals surface area contributed by atoms with E-state index in [-0.39, 0.29) is 6.04 Å². The normalized spacial score (nSPS) is 12.2. The van der Waals surface area contributed by atoms with Crippen LogP contribution in [0.3, 0.4) is 0 Å². The third kappa shape index (κ3) is 3.64. The molecule has 0 amide bonds. The Morgan fingerprint density at radius 2 is 2.26 bits per heavy atom. The second-order valence-corrected chi connectivity index (χ2v) is 4.26. The molecule has 0 bridgehead atoms. The van der Waals surface area contributed by atoms with Crippen LogP contribution in [0.4, 0.5) is 5.95 Å². The first kappa shape index (κ1) is 13.3. The van der Waals surface area contributed by atoms with Gasteiger partial charge in [0.25, 0.3) is 0 Å². The van der Waals surface area contributed by atoms with Crippen LogP contribution in [0.2, 0.25) is 0 Å². The van der Waals surface area contributed by atoms with Gasteiger partial charge in [-0.1, -0.05) is 6.92 Å². The standard InChI is InChI=1S/C12H18N6O/c1-4-5-19-10-6-8(2)15-12(17-10)16-9(3)11-13-7-14-18-11/h6-7,9H,4-5H2,1-3H3,(H,13,14,18)(H,15,16,17). The number of aromatic amines is 1. The summed E-state index contributed by atoms with van der Waals surface area (Å²) in [7, 11) is 0. The molecule has 2 rings (SSSR count). The first-order valence-corrected chi connectivity index (χ1v) is 6.29. The molecule has 1 unspecified atom stereocenters. The average Bonchev–Trinajstić information content (AvgIpc) is 2.89. The fourth-order valence-electron chi connectivity index (χ4n) is 1.57. The molecule has 0 fully saturated rings. The first-order chi connectivity index (χ1) is 9.19. The van der Waals surface area contributed by atoms with Crippen molar-refractivity contribution in [3.05, 3.63) is 23.9 Å². The van der Waals surface area contributed by atoms with Crippen molar-refractivity contribution in [2.45, 2.75) is 33.2 Å². The molecule has 0 radical (unpaired) electrons. The molecule has 1 atom stereocenters. The zero-order chi connectivity index (χ0) is 13.7.